The Kier molecular flexibility index (Phi) is 6.93. The second-order valence-corrected chi connectivity index (χ2v) is 8.23. The maximum absolute atomic E-state index is 12.9. The van der Waals surface area contributed by atoms with Crippen molar-refractivity contribution < 1.29 is 18.7 Å². The predicted molar refractivity (Wildman–Crippen MR) is 134 cm³/mol. The van der Waals surface area contributed by atoms with E-state index in [1.165, 1.54) is 24.0 Å². The van der Waals surface area contributed by atoms with Crippen LogP contribution >= 0.6 is 0 Å². The molecule has 0 aliphatic heterocycles. The van der Waals surface area contributed by atoms with Crippen molar-refractivity contribution in [3.63, 3.8) is 0 Å². The molecular weight excluding hydrogens is 428 g/mol. The number of rotatable bonds is 7. The van der Waals surface area contributed by atoms with Crippen molar-refractivity contribution in [1.29, 1.82) is 0 Å². The van der Waals surface area contributed by atoms with Gasteiger partial charge in [-0.15, -0.1) is 0 Å². The summed E-state index contributed by atoms with van der Waals surface area (Å²) in [4.78, 5) is 25.1. The van der Waals surface area contributed by atoms with Gasteiger partial charge in [0.2, 0.25) is 11.2 Å². The zero-order valence-electron chi connectivity index (χ0n) is 19.4. The van der Waals surface area contributed by atoms with Crippen molar-refractivity contribution in [2.45, 2.75) is 33.1 Å². The normalized spacial score (nSPS) is 11.3. The second-order valence-electron chi connectivity index (χ2n) is 8.23. The number of carbonyl (C=O) groups excluding carboxylic acids is 1. The van der Waals surface area contributed by atoms with Crippen molar-refractivity contribution >= 4 is 23.0 Å². The fraction of sp³-hybridized carbons (Fsp3) is 0.172. The Bertz CT molecular complexity index is 1390. The van der Waals surface area contributed by atoms with Crippen LogP contribution in [0, 0.1) is 0 Å². The van der Waals surface area contributed by atoms with Gasteiger partial charge in [-0.25, -0.2) is 4.79 Å². The van der Waals surface area contributed by atoms with E-state index in [4.69, 9.17) is 13.9 Å². The van der Waals surface area contributed by atoms with Crippen molar-refractivity contribution in [2.24, 2.45) is 0 Å². The molecule has 0 radical (unpaired) electrons. The van der Waals surface area contributed by atoms with Crippen LogP contribution in [-0.2, 0) is 11.2 Å². The van der Waals surface area contributed by atoms with E-state index in [2.05, 4.69) is 13.8 Å². The third-order valence-corrected chi connectivity index (χ3v) is 5.52. The Morgan fingerprint density at radius 2 is 1.76 bits per heavy atom. The first-order valence-electron chi connectivity index (χ1n) is 11.3. The smallest absolute Gasteiger partial charge is 0.336 e. The third-order valence-electron chi connectivity index (χ3n) is 5.52. The molecule has 172 valence electrons. The summed E-state index contributed by atoms with van der Waals surface area (Å²) >= 11 is 0. The number of aryl methyl sites for hydroxylation is 1. The van der Waals surface area contributed by atoms with Crippen LogP contribution in [0.25, 0.3) is 17.0 Å². The molecule has 34 heavy (non-hydrogen) atoms. The van der Waals surface area contributed by atoms with E-state index in [-0.39, 0.29) is 16.9 Å². The lowest BCUT2D eigenvalue weighted by atomic mass is 10.0. The first-order chi connectivity index (χ1) is 16.4. The molecule has 3 aromatic carbocycles. The molecule has 0 atom stereocenters. The number of para-hydroxylation sites is 1. The standard InChI is InChI=1S/C29H26O5/c1-4-21-7-5-6-8-25(21)34-27-18-32-26-17-23(14-15-24(26)29(27)31)33-28(30)16-11-20-9-12-22(13-10-20)19(2)3/h5-19H,4H2,1-3H3/b16-11+. The number of hydrogen-bond donors (Lipinski definition) is 0. The van der Waals surface area contributed by atoms with Gasteiger partial charge in [0.15, 0.2) is 0 Å². The monoisotopic (exact) mass is 454 g/mol. The zero-order chi connectivity index (χ0) is 24.1. The molecule has 0 aliphatic rings. The first-order valence-corrected chi connectivity index (χ1v) is 11.3. The van der Waals surface area contributed by atoms with Crippen molar-refractivity contribution in [1.82, 2.24) is 0 Å². The van der Waals surface area contributed by atoms with Crippen LogP contribution in [0.2, 0.25) is 0 Å². The molecular formula is C29H26O5. The van der Waals surface area contributed by atoms with Crippen LogP contribution in [0.1, 0.15) is 43.4 Å². The van der Waals surface area contributed by atoms with Gasteiger partial charge < -0.3 is 13.9 Å². The molecule has 0 amide bonds. The Hall–Kier alpha value is -4.12. The van der Waals surface area contributed by atoms with Gasteiger partial charge in [-0.05, 0) is 53.3 Å². The van der Waals surface area contributed by atoms with Gasteiger partial charge in [0, 0.05) is 12.1 Å². The Balaban J connectivity index is 1.48. The molecule has 0 fully saturated rings. The minimum absolute atomic E-state index is 0.101. The summed E-state index contributed by atoms with van der Waals surface area (Å²) in [7, 11) is 0. The Morgan fingerprint density at radius 1 is 1.00 bits per heavy atom. The molecule has 4 aromatic rings. The van der Waals surface area contributed by atoms with E-state index in [1.54, 1.807) is 18.2 Å². The average Bonchev–Trinajstić information content (AvgIpc) is 2.85. The summed E-state index contributed by atoms with van der Waals surface area (Å²) < 4.78 is 16.8. The maximum atomic E-state index is 12.9. The summed E-state index contributed by atoms with van der Waals surface area (Å²) in [6, 6.07) is 20.2. The highest BCUT2D eigenvalue weighted by molar-refractivity contribution is 5.89. The molecule has 1 heterocycles. The van der Waals surface area contributed by atoms with Crippen LogP contribution in [0.4, 0.5) is 0 Å². The summed E-state index contributed by atoms with van der Waals surface area (Å²) in [6.07, 6.45) is 5.13. The van der Waals surface area contributed by atoms with Crippen LogP contribution in [0.3, 0.4) is 0 Å². The Labute approximate surface area is 198 Å². The van der Waals surface area contributed by atoms with Crippen LogP contribution in [0.15, 0.2) is 88.3 Å². The number of ether oxygens (including phenoxy) is 2. The highest BCUT2D eigenvalue weighted by Crippen LogP contribution is 2.26. The number of esters is 1. The van der Waals surface area contributed by atoms with Crippen LogP contribution in [-0.4, -0.2) is 5.97 Å². The lowest BCUT2D eigenvalue weighted by Crippen LogP contribution is -2.07. The lowest BCUT2D eigenvalue weighted by Gasteiger charge is -2.09. The van der Waals surface area contributed by atoms with Gasteiger partial charge in [0.05, 0.1) is 5.39 Å². The molecule has 0 saturated heterocycles. The number of hydrogen-bond acceptors (Lipinski definition) is 5. The van der Waals surface area contributed by atoms with E-state index < -0.39 is 5.97 Å². The molecule has 1 aromatic heterocycles. The molecule has 0 spiro atoms. The van der Waals surface area contributed by atoms with Gasteiger partial charge in [0.1, 0.15) is 23.3 Å². The quantitative estimate of drug-likeness (QED) is 0.173. The van der Waals surface area contributed by atoms with Gasteiger partial charge >= 0.3 is 5.97 Å². The SMILES string of the molecule is CCc1ccccc1Oc1coc2cc(OC(=O)/C=C/c3ccc(C(C)C)cc3)ccc2c1=O. The minimum atomic E-state index is -0.522. The Morgan fingerprint density at radius 3 is 2.50 bits per heavy atom. The summed E-state index contributed by atoms with van der Waals surface area (Å²) in [5.41, 5.74) is 3.14. The molecule has 4 rings (SSSR count). The van der Waals surface area contributed by atoms with E-state index in [1.807, 2.05) is 55.5 Å². The van der Waals surface area contributed by atoms with Gasteiger partial charge in [-0.2, -0.15) is 0 Å². The van der Waals surface area contributed by atoms with E-state index in [0.717, 1.165) is 17.5 Å². The maximum Gasteiger partial charge on any atom is 0.336 e. The number of carbonyl (C=O) groups is 1. The summed E-state index contributed by atoms with van der Waals surface area (Å²) in [6.45, 7) is 6.28. The average molecular weight is 455 g/mol. The van der Waals surface area contributed by atoms with E-state index >= 15 is 0 Å². The summed E-state index contributed by atoms with van der Waals surface area (Å²) in [5.74, 6) is 0.930. The van der Waals surface area contributed by atoms with Gasteiger partial charge in [0.25, 0.3) is 0 Å². The highest BCUT2D eigenvalue weighted by Gasteiger charge is 2.12. The highest BCUT2D eigenvalue weighted by atomic mass is 16.5. The summed E-state index contributed by atoms with van der Waals surface area (Å²) in [5, 5.41) is 0.340. The van der Waals surface area contributed by atoms with Crippen molar-refractivity contribution in [3.8, 4) is 17.2 Å². The molecule has 0 bridgehead atoms. The second kappa shape index (κ2) is 10.2. The zero-order valence-corrected chi connectivity index (χ0v) is 19.4. The van der Waals surface area contributed by atoms with Crippen molar-refractivity contribution in [3.05, 3.63) is 106 Å². The number of benzene rings is 3. The van der Waals surface area contributed by atoms with Gasteiger partial charge in [-0.1, -0.05) is 63.2 Å². The molecule has 0 saturated carbocycles. The molecule has 5 nitrogen and oxygen atoms in total. The fourth-order valence-electron chi connectivity index (χ4n) is 3.55. The van der Waals surface area contributed by atoms with Gasteiger partial charge in [-0.3, -0.25) is 4.79 Å². The molecule has 5 heteroatoms. The topological polar surface area (TPSA) is 65.7 Å². The van der Waals surface area contributed by atoms with Crippen LogP contribution < -0.4 is 14.9 Å². The lowest BCUT2D eigenvalue weighted by molar-refractivity contribution is -0.128. The molecule has 0 unspecified atom stereocenters. The molecule has 0 N–H and O–H groups in total. The first kappa shape index (κ1) is 23.1. The predicted octanol–water partition coefficient (Wildman–Crippen LogP) is 6.89. The minimum Gasteiger partial charge on any atom is -0.460 e. The third kappa shape index (κ3) is 5.26. The van der Waals surface area contributed by atoms with Crippen LogP contribution in [0.5, 0.6) is 17.2 Å². The van der Waals surface area contributed by atoms with Crippen molar-refractivity contribution in [2.75, 3.05) is 0 Å². The van der Waals surface area contributed by atoms with E-state index in [0.29, 0.717) is 22.6 Å². The molecule has 0 aliphatic carbocycles. The van der Waals surface area contributed by atoms with E-state index in [9.17, 15) is 9.59 Å². The fourth-order valence-corrected chi connectivity index (χ4v) is 3.55. The largest absolute Gasteiger partial charge is 0.460 e. The number of fused-ring (bicyclic) bond motifs is 1.